The summed E-state index contributed by atoms with van der Waals surface area (Å²) in [7, 11) is -2.74. The molecule has 0 radical (unpaired) electrons. The maximum Gasteiger partial charge on any atom is 0.527 e. The van der Waals surface area contributed by atoms with Gasteiger partial charge in [-0.15, -0.1) is 0 Å². The fraction of sp³-hybridized carbons (Fsp3) is 0.467. The van der Waals surface area contributed by atoms with Crippen molar-refractivity contribution in [3.05, 3.63) is 35.9 Å². The Kier molecular flexibility index (Phi) is 8.93. The highest BCUT2D eigenvalue weighted by molar-refractivity contribution is 7.37. The highest BCUT2D eigenvalue weighted by Gasteiger charge is 2.36. The first-order chi connectivity index (χ1) is 11.5. The summed E-state index contributed by atoms with van der Waals surface area (Å²) in [6.07, 6.45) is -1.58. The molecule has 0 aliphatic carbocycles. The van der Waals surface area contributed by atoms with Crippen molar-refractivity contribution >= 4 is 20.1 Å². The third kappa shape index (κ3) is 7.04. The van der Waals surface area contributed by atoms with Crippen molar-refractivity contribution in [2.24, 2.45) is 0 Å². The molecule has 9 heteroatoms. The lowest BCUT2D eigenvalue weighted by Gasteiger charge is -2.24. The first-order valence-electron chi connectivity index (χ1n) is 7.37. The smallest absolute Gasteiger partial charge is 0.480 e. The van der Waals surface area contributed by atoms with E-state index in [-0.39, 0.29) is 19.6 Å². The third-order valence-electron chi connectivity index (χ3n) is 3.11. The van der Waals surface area contributed by atoms with E-state index in [9.17, 15) is 19.3 Å². The number of carboxylic acids is 1. The van der Waals surface area contributed by atoms with Crippen LogP contribution in [-0.2, 0) is 25.4 Å². The van der Waals surface area contributed by atoms with Crippen molar-refractivity contribution in [2.75, 3.05) is 19.5 Å². The summed E-state index contributed by atoms with van der Waals surface area (Å²) < 4.78 is 21.3. The van der Waals surface area contributed by atoms with E-state index in [0.29, 0.717) is 6.61 Å². The molecule has 0 heterocycles. The number of carbonyl (C=O) groups is 2. The molecule has 0 aliphatic heterocycles. The second-order valence-corrected chi connectivity index (χ2v) is 5.83. The zero-order valence-electron chi connectivity index (χ0n) is 13.3. The fourth-order valence-electron chi connectivity index (χ4n) is 1.97. The lowest BCUT2D eigenvalue weighted by atomic mass is 10.2. The Labute approximate surface area is 140 Å². The molecule has 1 rings (SSSR count). The molecule has 0 spiro atoms. The summed E-state index contributed by atoms with van der Waals surface area (Å²) in [4.78, 5) is 33.5. The summed E-state index contributed by atoms with van der Waals surface area (Å²) >= 11 is 0. The Hall–Kier alpha value is -2.02. The van der Waals surface area contributed by atoms with Gasteiger partial charge in [-0.3, -0.25) is 0 Å². The molecule has 0 saturated carbocycles. The van der Waals surface area contributed by atoms with E-state index in [1.807, 2.05) is 6.07 Å². The van der Waals surface area contributed by atoms with Crippen molar-refractivity contribution < 1.29 is 33.6 Å². The first kappa shape index (κ1) is 20.0. The van der Waals surface area contributed by atoms with E-state index in [1.165, 1.54) is 0 Å². The molecule has 2 unspecified atom stereocenters. The van der Waals surface area contributed by atoms with Crippen molar-refractivity contribution in [1.82, 2.24) is 4.90 Å². The van der Waals surface area contributed by atoms with Crippen LogP contribution in [0.15, 0.2) is 30.3 Å². The molecule has 0 saturated heterocycles. The lowest BCUT2D eigenvalue weighted by Crippen LogP contribution is -2.45. The maximum atomic E-state index is 12.2. The molecule has 1 aromatic rings. The van der Waals surface area contributed by atoms with Crippen LogP contribution >= 0.6 is 8.03 Å². The van der Waals surface area contributed by atoms with E-state index < -0.39 is 32.4 Å². The van der Waals surface area contributed by atoms with Crippen LogP contribution in [0.3, 0.4) is 0 Å². The zero-order valence-corrected chi connectivity index (χ0v) is 14.2. The molecule has 24 heavy (non-hydrogen) atoms. The normalized spacial score (nSPS) is 12.3. The SMILES string of the molecule is CCOCCC(C(=O)O)N(C[P+](=O)O)C(=O)OCc1ccccc1. The van der Waals surface area contributed by atoms with Crippen LogP contribution in [0.5, 0.6) is 0 Å². The van der Waals surface area contributed by atoms with Gasteiger partial charge in [0.05, 0.1) is 0 Å². The van der Waals surface area contributed by atoms with Gasteiger partial charge in [0, 0.05) is 19.6 Å². The average molecular weight is 358 g/mol. The molecule has 132 valence electrons. The number of carboxylic acid groups (broad SMARTS) is 1. The van der Waals surface area contributed by atoms with Gasteiger partial charge in [0.2, 0.25) is 0 Å². The number of carbonyl (C=O) groups excluding carboxylic acids is 1. The standard InChI is InChI=1S/C15H20NO7P/c1-2-22-9-8-13(14(17)18)16(11-24(20)21)15(19)23-10-12-6-4-3-5-7-12/h3-7,13H,2,8-11H2,1H3,(H-,17,18,20,21)/p+1. The van der Waals surface area contributed by atoms with E-state index in [2.05, 4.69) is 0 Å². The van der Waals surface area contributed by atoms with Crippen LogP contribution in [-0.4, -0.2) is 52.5 Å². The van der Waals surface area contributed by atoms with Gasteiger partial charge in [-0.1, -0.05) is 30.3 Å². The molecule has 0 fully saturated rings. The number of nitrogens with zero attached hydrogens (tertiary/aromatic N) is 1. The number of ether oxygens (including phenoxy) is 2. The molecule has 1 aromatic carbocycles. The molecular formula is C15H21NO7P+. The number of benzene rings is 1. The molecule has 1 amide bonds. The summed E-state index contributed by atoms with van der Waals surface area (Å²) in [6, 6.07) is 7.54. The summed E-state index contributed by atoms with van der Waals surface area (Å²) in [5.41, 5.74) is 0.723. The maximum absolute atomic E-state index is 12.2. The quantitative estimate of drug-likeness (QED) is 0.487. The van der Waals surface area contributed by atoms with Gasteiger partial charge in [0.1, 0.15) is 12.6 Å². The van der Waals surface area contributed by atoms with Crippen LogP contribution in [0.1, 0.15) is 18.9 Å². The summed E-state index contributed by atoms with van der Waals surface area (Å²) in [5, 5.41) is 9.31. The number of amides is 1. The van der Waals surface area contributed by atoms with Crippen LogP contribution in [0, 0.1) is 0 Å². The largest absolute Gasteiger partial charge is 0.527 e. The average Bonchev–Trinajstić information content (AvgIpc) is 2.55. The number of hydrogen-bond acceptors (Lipinski definition) is 5. The molecule has 0 bridgehead atoms. The van der Waals surface area contributed by atoms with Crippen molar-refractivity contribution in [3.63, 3.8) is 0 Å². The van der Waals surface area contributed by atoms with Crippen molar-refractivity contribution in [3.8, 4) is 0 Å². The summed E-state index contributed by atoms with van der Waals surface area (Å²) in [6.45, 7) is 2.21. The predicted molar refractivity (Wildman–Crippen MR) is 85.7 cm³/mol. The van der Waals surface area contributed by atoms with Crippen molar-refractivity contribution in [2.45, 2.75) is 26.0 Å². The van der Waals surface area contributed by atoms with Gasteiger partial charge < -0.3 is 14.6 Å². The molecule has 0 aromatic heterocycles. The van der Waals surface area contributed by atoms with Gasteiger partial charge in [-0.25, -0.2) is 14.5 Å². The Bertz CT molecular complexity index is 552. The lowest BCUT2D eigenvalue weighted by molar-refractivity contribution is -0.143. The van der Waals surface area contributed by atoms with Gasteiger partial charge in [0.25, 0.3) is 6.29 Å². The minimum Gasteiger partial charge on any atom is -0.480 e. The van der Waals surface area contributed by atoms with Gasteiger partial charge in [-0.2, -0.15) is 4.89 Å². The number of aliphatic carboxylic acids is 1. The predicted octanol–water partition coefficient (Wildman–Crippen LogP) is 2.20. The van der Waals surface area contributed by atoms with Crippen LogP contribution in [0.2, 0.25) is 0 Å². The Morgan fingerprint density at radius 1 is 1.29 bits per heavy atom. The van der Waals surface area contributed by atoms with E-state index >= 15 is 0 Å². The second kappa shape index (κ2) is 10.7. The summed E-state index contributed by atoms with van der Waals surface area (Å²) in [5.74, 6) is -1.29. The minimum absolute atomic E-state index is 0.00716. The Balaban J connectivity index is 2.77. The van der Waals surface area contributed by atoms with Crippen molar-refractivity contribution in [1.29, 1.82) is 0 Å². The van der Waals surface area contributed by atoms with Crippen LogP contribution in [0.25, 0.3) is 0 Å². The Morgan fingerprint density at radius 2 is 1.96 bits per heavy atom. The fourth-order valence-corrected chi connectivity index (χ4v) is 2.54. The van der Waals surface area contributed by atoms with E-state index in [4.69, 9.17) is 14.4 Å². The van der Waals surface area contributed by atoms with Gasteiger partial charge >= 0.3 is 20.1 Å². The van der Waals surface area contributed by atoms with Crippen LogP contribution < -0.4 is 0 Å². The van der Waals surface area contributed by atoms with Gasteiger partial charge in [-0.05, 0) is 17.1 Å². The molecule has 0 aliphatic rings. The topological polar surface area (TPSA) is 113 Å². The first-order valence-corrected chi connectivity index (χ1v) is 8.76. The molecule has 8 nitrogen and oxygen atoms in total. The molecular weight excluding hydrogens is 337 g/mol. The third-order valence-corrected chi connectivity index (χ3v) is 3.66. The monoisotopic (exact) mass is 358 g/mol. The van der Waals surface area contributed by atoms with Crippen LogP contribution in [0.4, 0.5) is 4.79 Å². The van der Waals surface area contributed by atoms with Gasteiger partial charge in [0.15, 0.2) is 0 Å². The highest BCUT2D eigenvalue weighted by Crippen LogP contribution is 2.20. The van der Waals surface area contributed by atoms with E-state index in [1.54, 1.807) is 31.2 Å². The second-order valence-electron chi connectivity index (χ2n) is 4.84. The zero-order chi connectivity index (χ0) is 17.9. The number of rotatable bonds is 10. The minimum atomic E-state index is -2.74. The highest BCUT2D eigenvalue weighted by atomic mass is 31.1. The number of hydrogen-bond donors (Lipinski definition) is 2. The molecule has 2 atom stereocenters. The molecule has 2 N–H and O–H groups in total. The van der Waals surface area contributed by atoms with E-state index in [0.717, 1.165) is 10.5 Å². The Morgan fingerprint density at radius 3 is 2.50 bits per heavy atom.